The average Bonchev–Trinajstić information content (AvgIpc) is 2.86. The van der Waals surface area contributed by atoms with Crippen molar-refractivity contribution in [3.8, 4) is 0 Å². The molecule has 0 aliphatic carbocycles. The first-order valence-electron chi connectivity index (χ1n) is 5.77. The van der Waals surface area contributed by atoms with Crippen LogP contribution >= 0.6 is 0 Å². The molecule has 0 radical (unpaired) electrons. The van der Waals surface area contributed by atoms with E-state index in [1.807, 2.05) is 0 Å². The summed E-state index contributed by atoms with van der Waals surface area (Å²) in [6, 6.07) is 5.98. The predicted octanol–water partition coefficient (Wildman–Crippen LogP) is 1.25. The van der Waals surface area contributed by atoms with Gasteiger partial charge < -0.3 is 14.7 Å². The number of carboxylic acids is 1. The topological polar surface area (TPSA) is 66.8 Å². The quantitative estimate of drug-likeness (QED) is 0.875. The largest absolute Gasteiger partial charge is 0.478 e. The van der Waals surface area contributed by atoms with Crippen LogP contribution in [0.5, 0.6) is 0 Å². The molecule has 1 N–H and O–H groups in total. The first-order valence-corrected chi connectivity index (χ1v) is 5.77. The summed E-state index contributed by atoms with van der Waals surface area (Å²) < 4.78 is 5.21. The van der Waals surface area contributed by atoms with Gasteiger partial charge in [-0.2, -0.15) is 0 Å². The van der Waals surface area contributed by atoms with Gasteiger partial charge in [0.1, 0.15) is 0 Å². The van der Waals surface area contributed by atoms with E-state index in [2.05, 4.69) is 0 Å². The Hall–Kier alpha value is -1.88. The van der Waals surface area contributed by atoms with Gasteiger partial charge in [0.2, 0.25) is 0 Å². The molecule has 0 saturated carbocycles. The van der Waals surface area contributed by atoms with Gasteiger partial charge >= 0.3 is 5.97 Å². The highest BCUT2D eigenvalue weighted by molar-refractivity contribution is 5.96. The fourth-order valence-corrected chi connectivity index (χ4v) is 2.04. The molecule has 1 aromatic carbocycles. The van der Waals surface area contributed by atoms with E-state index in [1.54, 1.807) is 24.1 Å². The average molecular weight is 249 g/mol. The van der Waals surface area contributed by atoms with Gasteiger partial charge in [0.25, 0.3) is 5.91 Å². The maximum atomic E-state index is 12.1. The van der Waals surface area contributed by atoms with Crippen LogP contribution in [0.25, 0.3) is 0 Å². The molecule has 1 atom stereocenters. The molecule has 0 spiro atoms. The number of methoxy groups -OCH3 is 1. The smallest absolute Gasteiger partial charge is 0.335 e. The molecular formula is C13H15NO4. The van der Waals surface area contributed by atoms with Crippen molar-refractivity contribution in [3.05, 3.63) is 35.4 Å². The van der Waals surface area contributed by atoms with Crippen LogP contribution in [0.1, 0.15) is 27.1 Å². The lowest BCUT2D eigenvalue weighted by molar-refractivity contribution is 0.0692. The summed E-state index contributed by atoms with van der Waals surface area (Å²) in [5.41, 5.74) is 0.694. The van der Waals surface area contributed by atoms with E-state index >= 15 is 0 Å². The van der Waals surface area contributed by atoms with E-state index in [9.17, 15) is 9.59 Å². The summed E-state index contributed by atoms with van der Waals surface area (Å²) in [6.45, 7) is 1.27. The Kier molecular flexibility index (Phi) is 3.62. The maximum absolute atomic E-state index is 12.1. The fraction of sp³-hybridized carbons (Fsp3) is 0.385. The van der Waals surface area contributed by atoms with Crippen LogP contribution in [0.3, 0.4) is 0 Å². The first-order chi connectivity index (χ1) is 8.61. The minimum atomic E-state index is -0.991. The molecule has 5 nitrogen and oxygen atoms in total. The van der Waals surface area contributed by atoms with Gasteiger partial charge in [0, 0.05) is 25.8 Å². The number of carbonyl (C=O) groups is 2. The summed E-state index contributed by atoms with van der Waals surface area (Å²) in [5, 5.41) is 8.78. The van der Waals surface area contributed by atoms with Crippen molar-refractivity contribution in [1.82, 2.24) is 4.90 Å². The normalized spacial score (nSPS) is 18.9. The molecule has 1 aromatic rings. The highest BCUT2D eigenvalue weighted by atomic mass is 16.5. The molecule has 1 saturated heterocycles. The van der Waals surface area contributed by atoms with E-state index in [-0.39, 0.29) is 17.6 Å². The van der Waals surface area contributed by atoms with E-state index in [0.29, 0.717) is 18.7 Å². The van der Waals surface area contributed by atoms with Gasteiger partial charge in [-0.05, 0) is 30.7 Å². The number of hydrogen-bond donors (Lipinski definition) is 1. The SMILES string of the molecule is CO[C@H]1CCN(C(=O)c2ccc(C(=O)O)cc2)C1. The highest BCUT2D eigenvalue weighted by Crippen LogP contribution is 2.16. The summed E-state index contributed by atoms with van der Waals surface area (Å²) in [6.07, 6.45) is 0.947. The number of aromatic carboxylic acids is 1. The Balaban J connectivity index is 2.07. The summed E-state index contributed by atoms with van der Waals surface area (Å²) in [5.74, 6) is -1.07. The van der Waals surface area contributed by atoms with Crippen LogP contribution in [0.4, 0.5) is 0 Å². The number of amides is 1. The van der Waals surface area contributed by atoms with Crippen LogP contribution in [0.15, 0.2) is 24.3 Å². The number of rotatable bonds is 3. The van der Waals surface area contributed by atoms with Crippen LogP contribution in [0.2, 0.25) is 0 Å². The maximum Gasteiger partial charge on any atom is 0.335 e. The molecule has 0 bridgehead atoms. The molecule has 0 unspecified atom stereocenters. The Labute approximate surface area is 105 Å². The fourth-order valence-electron chi connectivity index (χ4n) is 2.04. The van der Waals surface area contributed by atoms with Gasteiger partial charge in [0.05, 0.1) is 11.7 Å². The first kappa shape index (κ1) is 12.6. The second-order valence-corrected chi connectivity index (χ2v) is 4.28. The zero-order chi connectivity index (χ0) is 13.1. The molecule has 2 rings (SSSR count). The third-order valence-electron chi connectivity index (χ3n) is 3.14. The van der Waals surface area contributed by atoms with Crippen LogP contribution < -0.4 is 0 Å². The summed E-state index contributed by atoms with van der Waals surface area (Å²) in [7, 11) is 1.64. The summed E-state index contributed by atoms with van der Waals surface area (Å²) in [4.78, 5) is 24.5. The minimum absolute atomic E-state index is 0.0773. The van der Waals surface area contributed by atoms with Gasteiger partial charge in [-0.25, -0.2) is 4.79 Å². The number of hydrogen-bond acceptors (Lipinski definition) is 3. The highest BCUT2D eigenvalue weighted by Gasteiger charge is 2.26. The molecule has 1 amide bonds. The molecular weight excluding hydrogens is 234 g/mol. The van der Waals surface area contributed by atoms with E-state index < -0.39 is 5.97 Å². The molecule has 1 heterocycles. The number of carboxylic acid groups (broad SMARTS) is 1. The lowest BCUT2D eigenvalue weighted by atomic mass is 10.1. The predicted molar refractivity (Wildman–Crippen MR) is 64.7 cm³/mol. The van der Waals surface area contributed by atoms with Gasteiger partial charge in [-0.15, -0.1) is 0 Å². The molecule has 5 heteroatoms. The second-order valence-electron chi connectivity index (χ2n) is 4.28. The van der Waals surface area contributed by atoms with Crippen molar-refractivity contribution < 1.29 is 19.4 Å². The molecule has 18 heavy (non-hydrogen) atoms. The Bertz CT molecular complexity index is 455. The summed E-state index contributed by atoms with van der Waals surface area (Å²) >= 11 is 0. The minimum Gasteiger partial charge on any atom is -0.478 e. The third-order valence-corrected chi connectivity index (χ3v) is 3.14. The van der Waals surface area contributed by atoms with Crippen molar-refractivity contribution in [1.29, 1.82) is 0 Å². The zero-order valence-corrected chi connectivity index (χ0v) is 10.1. The van der Waals surface area contributed by atoms with Crippen LogP contribution in [-0.4, -0.2) is 48.2 Å². The van der Waals surface area contributed by atoms with Gasteiger partial charge in [0.15, 0.2) is 0 Å². The number of nitrogens with zero attached hydrogens (tertiary/aromatic N) is 1. The van der Waals surface area contributed by atoms with Crippen molar-refractivity contribution in [3.63, 3.8) is 0 Å². The van der Waals surface area contributed by atoms with E-state index in [0.717, 1.165) is 6.42 Å². The lowest BCUT2D eigenvalue weighted by Crippen LogP contribution is -2.29. The van der Waals surface area contributed by atoms with Crippen LogP contribution in [0, 0.1) is 0 Å². The monoisotopic (exact) mass is 249 g/mol. The third kappa shape index (κ3) is 2.51. The van der Waals surface area contributed by atoms with Gasteiger partial charge in [-0.3, -0.25) is 4.79 Å². The van der Waals surface area contributed by atoms with E-state index in [4.69, 9.17) is 9.84 Å². The Morgan fingerprint density at radius 1 is 1.28 bits per heavy atom. The Morgan fingerprint density at radius 3 is 2.39 bits per heavy atom. The Morgan fingerprint density at radius 2 is 1.89 bits per heavy atom. The molecule has 1 aliphatic rings. The standard InChI is InChI=1S/C13H15NO4/c1-18-11-6-7-14(8-11)12(15)9-2-4-10(5-3-9)13(16)17/h2-5,11H,6-8H2,1H3,(H,16,17)/t11-/m0/s1. The van der Waals surface area contributed by atoms with Crippen molar-refractivity contribution in [2.24, 2.45) is 0 Å². The molecule has 1 fully saturated rings. The number of benzene rings is 1. The van der Waals surface area contributed by atoms with Crippen molar-refractivity contribution in [2.45, 2.75) is 12.5 Å². The number of carbonyl (C=O) groups excluding carboxylic acids is 1. The number of ether oxygens (including phenoxy) is 1. The lowest BCUT2D eigenvalue weighted by Gasteiger charge is -2.16. The van der Waals surface area contributed by atoms with Crippen molar-refractivity contribution in [2.75, 3.05) is 20.2 Å². The van der Waals surface area contributed by atoms with E-state index in [1.165, 1.54) is 12.1 Å². The second kappa shape index (κ2) is 5.18. The number of likely N-dealkylation sites (tertiary alicyclic amines) is 1. The van der Waals surface area contributed by atoms with Gasteiger partial charge in [-0.1, -0.05) is 0 Å². The van der Waals surface area contributed by atoms with Crippen LogP contribution in [-0.2, 0) is 4.74 Å². The molecule has 96 valence electrons. The zero-order valence-electron chi connectivity index (χ0n) is 10.1. The van der Waals surface area contributed by atoms with Crippen molar-refractivity contribution >= 4 is 11.9 Å². The molecule has 1 aliphatic heterocycles. The molecule has 0 aromatic heterocycles.